The molecule has 82 valence electrons. The van der Waals surface area contributed by atoms with Crippen molar-refractivity contribution in [3.05, 3.63) is 0 Å². The van der Waals surface area contributed by atoms with Crippen LogP contribution in [0.3, 0.4) is 0 Å². The molecule has 0 aromatic rings. The molecule has 0 heterocycles. The Morgan fingerprint density at radius 2 is 1.93 bits per heavy atom. The summed E-state index contributed by atoms with van der Waals surface area (Å²) in [5, 5.41) is 11.1. The van der Waals surface area contributed by atoms with Crippen LogP contribution in [-0.4, -0.2) is 29.4 Å². The van der Waals surface area contributed by atoms with Crippen LogP contribution in [0.25, 0.3) is 0 Å². The molecule has 14 heavy (non-hydrogen) atoms. The SMILES string of the molecule is CC(=O)C(C)NC(=O)CCCCCO. The third-order valence-corrected chi connectivity index (χ3v) is 2.05. The summed E-state index contributed by atoms with van der Waals surface area (Å²) < 4.78 is 0. The Labute approximate surface area is 84.7 Å². The van der Waals surface area contributed by atoms with Gasteiger partial charge in [-0.1, -0.05) is 6.42 Å². The summed E-state index contributed by atoms with van der Waals surface area (Å²) in [7, 11) is 0. The van der Waals surface area contributed by atoms with Crippen molar-refractivity contribution in [3.63, 3.8) is 0 Å². The second-order valence-electron chi connectivity index (χ2n) is 3.43. The highest BCUT2D eigenvalue weighted by Gasteiger charge is 2.10. The largest absolute Gasteiger partial charge is 0.396 e. The number of amides is 1. The van der Waals surface area contributed by atoms with Gasteiger partial charge in [-0.3, -0.25) is 9.59 Å². The van der Waals surface area contributed by atoms with Crippen molar-refractivity contribution in [2.75, 3.05) is 6.61 Å². The predicted octanol–water partition coefficient (Wildman–Crippen LogP) is 0.633. The van der Waals surface area contributed by atoms with Crippen LogP contribution >= 0.6 is 0 Å². The van der Waals surface area contributed by atoms with Crippen LogP contribution in [0.15, 0.2) is 0 Å². The lowest BCUT2D eigenvalue weighted by Crippen LogP contribution is -2.37. The first-order chi connectivity index (χ1) is 6.57. The molecule has 4 heteroatoms. The van der Waals surface area contributed by atoms with Crippen molar-refractivity contribution in [1.29, 1.82) is 0 Å². The minimum Gasteiger partial charge on any atom is -0.396 e. The van der Waals surface area contributed by atoms with Crippen molar-refractivity contribution in [2.24, 2.45) is 0 Å². The smallest absolute Gasteiger partial charge is 0.220 e. The summed E-state index contributed by atoms with van der Waals surface area (Å²) in [5.41, 5.74) is 0. The third kappa shape index (κ3) is 6.60. The van der Waals surface area contributed by atoms with Crippen LogP contribution in [0.4, 0.5) is 0 Å². The molecule has 0 aromatic carbocycles. The van der Waals surface area contributed by atoms with Crippen LogP contribution in [0, 0.1) is 0 Å². The highest BCUT2D eigenvalue weighted by atomic mass is 16.2. The van der Waals surface area contributed by atoms with E-state index < -0.39 is 0 Å². The van der Waals surface area contributed by atoms with E-state index in [-0.39, 0.29) is 24.3 Å². The Balaban J connectivity index is 3.50. The maximum absolute atomic E-state index is 11.2. The summed E-state index contributed by atoms with van der Waals surface area (Å²) in [6.07, 6.45) is 2.77. The predicted molar refractivity (Wildman–Crippen MR) is 53.8 cm³/mol. The fourth-order valence-electron chi connectivity index (χ4n) is 0.989. The maximum Gasteiger partial charge on any atom is 0.220 e. The first-order valence-corrected chi connectivity index (χ1v) is 4.98. The first-order valence-electron chi connectivity index (χ1n) is 4.98. The number of hydrogen-bond donors (Lipinski definition) is 2. The van der Waals surface area contributed by atoms with Gasteiger partial charge in [0.05, 0.1) is 6.04 Å². The molecule has 0 radical (unpaired) electrons. The van der Waals surface area contributed by atoms with E-state index in [4.69, 9.17) is 5.11 Å². The van der Waals surface area contributed by atoms with Crippen LogP contribution in [0.1, 0.15) is 39.5 Å². The van der Waals surface area contributed by atoms with Crippen molar-refractivity contribution in [2.45, 2.75) is 45.6 Å². The van der Waals surface area contributed by atoms with Crippen molar-refractivity contribution in [1.82, 2.24) is 5.32 Å². The van der Waals surface area contributed by atoms with Gasteiger partial charge in [0.15, 0.2) is 5.78 Å². The molecule has 0 aliphatic heterocycles. The van der Waals surface area contributed by atoms with Crippen LogP contribution in [-0.2, 0) is 9.59 Å². The van der Waals surface area contributed by atoms with Gasteiger partial charge >= 0.3 is 0 Å². The maximum atomic E-state index is 11.2. The van der Waals surface area contributed by atoms with Crippen LogP contribution in [0.5, 0.6) is 0 Å². The van der Waals surface area contributed by atoms with Crippen molar-refractivity contribution >= 4 is 11.7 Å². The molecular formula is C10H19NO3. The van der Waals surface area contributed by atoms with E-state index in [1.54, 1.807) is 6.92 Å². The van der Waals surface area contributed by atoms with Gasteiger partial charge in [-0.05, 0) is 26.7 Å². The van der Waals surface area contributed by atoms with E-state index in [1.807, 2.05) is 0 Å². The number of hydrogen-bond acceptors (Lipinski definition) is 3. The highest BCUT2D eigenvalue weighted by Crippen LogP contribution is 1.99. The summed E-state index contributed by atoms with van der Waals surface area (Å²) in [5.74, 6) is -0.126. The second-order valence-corrected chi connectivity index (χ2v) is 3.43. The van der Waals surface area contributed by atoms with Gasteiger partial charge in [0.1, 0.15) is 0 Å². The van der Waals surface area contributed by atoms with E-state index in [0.29, 0.717) is 6.42 Å². The number of carbonyl (C=O) groups is 2. The number of aliphatic hydroxyl groups excluding tert-OH is 1. The lowest BCUT2D eigenvalue weighted by Gasteiger charge is -2.09. The second kappa shape index (κ2) is 7.50. The zero-order chi connectivity index (χ0) is 11.0. The number of ketones is 1. The van der Waals surface area contributed by atoms with E-state index in [1.165, 1.54) is 6.92 Å². The van der Waals surface area contributed by atoms with E-state index in [9.17, 15) is 9.59 Å². The van der Waals surface area contributed by atoms with Crippen molar-refractivity contribution in [3.8, 4) is 0 Å². The molecule has 0 rings (SSSR count). The molecule has 0 saturated carbocycles. The molecule has 1 atom stereocenters. The van der Waals surface area contributed by atoms with Gasteiger partial charge in [-0.2, -0.15) is 0 Å². The van der Waals surface area contributed by atoms with E-state index >= 15 is 0 Å². The Morgan fingerprint density at radius 3 is 2.43 bits per heavy atom. The number of nitrogens with one attached hydrogen (secondary N) is 1. The molecule has 4 nitrogen and oxygen atoms in total. The molecule has 0 bridgehead atoms. The summed E-state index contributed by atoms with van der Waals surface area (Å²) in [6.45, 7) is 3.30. The number of Topliss-reactive ketones (excluding diaryl/α,β-unsaturated/α-hetero) is 1. The van der Waals surface area contributed by atoms with E-state index in [0.717, 1.165) is 19.3 Å². The lowest BCUT2D eigenvalue weighted by atomic mass is 10.1. The lowest BCUT2D eigenvalue weighted by molar-refractivity contribution is -0.126. The van der Waals surface area contributed by atoms with Gasteiger partial charge in [0.25, 0.3) is 0 Å². The van der Waals surface area contributed by atoms with E-state index in [2.05, 4.69) is 5.32 Å². The molecule has 1 unspecified atom stereocenters. The molecule has 1 amide bonds. The minimum atomic E-state index is -0.389. The van der Waals surface area contributed by atoms with Gasteiger partial charge in [0.2, 0.25) is 5.91 Å². The number of carbonyl (C=O) groups excluding carboxylic acids is 2. The Morgan fingerprint density at radius 1 is 1.29 bits per heavy atom. The molecular weight excluding hydrogens is 182 g/mol. The first kappa shape index (κ1) is 13.1. The summed E-state index contributed by atoms with van der Waals surface area (Å²) in [4.78, 5) is 22.0. The van der Waals surface area contributed by atoms with Gasteiger partial charge in [0, 0.05) is 13.0 Å². The zero-order valence-electron chi connectivity index (χ0n) is 8.88. The zero-order valence-corrected chi connectivity index (χ0v) is 8.88. The Bertz CT molecular complexity index is 192. The quantitative estimate of drug-likeness (QED) is 0.594. The average molecular weight is 201 g/mol. The van der Waals surface area contributed by atoms with Gasteiger partial charge < -0.3 is 10.4 Å². The van der Waals surface area contributed by atoms with Crippen LogP contribution in [0.2, 0.25) is 0 Å². The van der Waals surface area contributed by atoms with Gasteiger partial charge in [-0.25, -0.2) is 0 Å². The topological polar surface area (TPSA) is 66.4 Å². The third-order valence-electron chi connectivity index (χ3n) is 2.05. The van der Waals surface area contributed by atoms with Gasteiger partial charge in [-0.15, -0.1) is 0 Å². The number of unbranched alkanes of at least 4 members (excludes halogenated alkanes) is 2. The molecule has 0 aliphatic carbocycles. The minimum absolute atomic E-state index is 0.0336. The fraction of sp³-hybridized carbons (Fsp3) is 0.800. The molecule has 0 fully saturated rings. The Kier molecular flexibility index (Phi) is 7.02. The monoisotopic (exact) mass is 201 g/mol. The number of aliphatic hydroxyl groups is 1. The highest BCUT2D eigenvalue weighted by molar-refractivity contribution is 5.86. The molecule has 0 spiro atoms. The van der Waals surface area contributed by atoms with Crippen molar-refractivity contribution < 1.29 is 14.7 Å². The normalized spacial score (nSPS) is 12.2. The molecule has 0 saturated heterocycles. The summed E-state index contributed by atoms with van der Waals surface area (Å²) in [6, 6.07) is -0.389. The molecule has 2 N–H and O–H groups in total. The average Bonchev–Trinajstić information content (AvgIpc) is 2.12. The summed E-state index contributed by atoms with van der Waals surface area (Å²) >= 11 is 0. The number of rotatable bonds is 7. The van der Waals surface area contributed by atoms with Crippen LogP contribution < -0.4 is 5.32 Å². The standard InChI is InChI=1S/C10H19NO3/c1-8(9(2)13)11-10(14)6-4-3-5-7-12/h8,12H,3-7H2,1-2H3,(H,11,14). The Hall–Kier alpha value is -0.900. The molecule has 0 aliphatic rings. The molecule has 0 aromatic heterocycles. The fourth-order valence-corrected chi connectivity index (χ4v) is 0.989.